The molecule has 1 unspecified atom stereocenters. The average molecular weight is 316 g/mol. The molecular formula is C14H18ClNO3S. The van der Waals surface area contributed by atoms with Crippen LogP contribution in [0.5, 0.6) is 0 Å². The molecule has 0 heterocycles. The van der Waals surface area contributed by atoms with Gasteiger partial charge in [0.15, 0.2) is 0 Å². The number of hydrogen-bond donors (Lipinski definition) is 2. The number of thioether (sulfide) groups is 1. The van der Waals surface area contributed by atoms with Crippen molar-refractivity contribution in [3.8, 4) is 0 Å². The van der Waals surface area contributed by atoms with Crippen LogP contribution < -0.4 is 5.32 Å². The van der Waals surface area contributed by atoms with Crippen LogP contribution in [-0.2, 0) is 9.59 Å². The third-order valence-corrected chi connectivity index (χ3v) is 4.02. The second kappa shape index (κ2) is 8.87. The number of hydrogen-bond acceptors (Lipinski definition) is 3. The van der Waals surface area contributed by atoms with Gasteiger partial charge in [-0.2, -0.15) is 0 Å². The van der Waals surface area contributed by atoms with Gasteiger partial charge in [-0.25, -0.2) is 4.79 Å². The van der Waals surface area contributed by atoms with Gasteiger partial charge in [0.25, 0.3) is 0 Å². The molecule has 0 radical (unpaired) electrons. The number of carbonyl (C=O) groups excluding carboxylic acids is 1. The van der Waals surface area contributed by atoms with Crippen molar-refractivity contribution in [2.75, 3.05) is 5.75 Å². The Morgan fingerprint density at radius 3 is 2.55 bits per heavy atom. The number of carboxylic acids is 1. The van der Waals surface area contributed by atoms with E-state index in [2.05, 4.69) is 5.32 Å². The van der Waals surface area contributed by atoms with Gasteiger partial charge in [-0.3, -0.25) is 4.79 Å². The normalized spacial score (nSPS) is 11.9. The van der Waals surface area contributed by atoms with Crippen molar-refractivity contribution in [2.45, 2.75) is 37.1 Å². The van der Waals surface area contributed by atoms with E-state index in [-0.39, 0.29) is 5.91 Å². The molecule has 0 fully saturated rings. The third-order valence-electron chi connectivity index (χ3n) is 2.67. The van der Waals surface area contributed by atoms with E-state index < -0.39 is 12.0 Å². The minimum Gasteiger partial charge on any atom is -0.480 e. The highest BCUT2D eigenvalue weighted by Gasteiger charge is 2.16. The lowest BCUT2D eigenvalue weighted by molar-refractivity contribution is -0.141. The Labute approximate surface area is 127 Å². The van der Waals surface area contributed by atoms with E-state index in [9.17, 15) is 9.59 Å². The Balaban J connectivity index is 2.22. The summed E-state index contributed by atoms with van der Waals surface area (Å²) in [6, 6.07) is 6.74. The predicted molar refractivity (Wildman–Crippen MR) is 81.3 cm³/mol. The number of rotatable bonds is 8. The SMILES string of the molecule is CCC(NC(=O)CCCSc1ccc(Cl)cc1)C(=O)O. The van der Waals surface area contributed by atoms with Crippen LogP contribution in [-0.4, -0.2) is 28.8 Å². The smallest absolute Gasteiger partial charge is 0.326 e. The quantitative estimate of drug-likeness (QED) is 0.571. The lowest BCUT2D eigenvalue weighted by Gasteiger charge is -2.11. The number of carboxylic acid groups (broad SMARTS) is 1. The van der Waals surface area contributed by atoms with Crippen LogP contribution in [0.1, 0.15) is 26.2 Å². The molecule has 0 aliphatic heterocycles. The van der Waals surface area contributed by atoms with Gasteiger partial charge in [-0.1, -0.05) is 18.5 Å². The Morgan fingerprint density at radius 1 is 1.35 bits per heavy atom. The number of halogens is 1. The number of aliphatic carboxylic acids is 1. The second-order valence-corrected chi connectivity index (χ2v) is 5.88. The average Bonchev–Trinajstić information content (AvgIpc) is 2.42. The van der Waals surface area contributed by atoms with Gasteiger partial charge in [-0.15, -0.1) is 11.8 Å². The molecular weight excluding hydrogens is 298 g/mol. The van der Waals surface area contributed by atoms with Crippen LogP contribution in [0.4, 0.5) is 0 Å². The first-order valence-corrected chi connectivity index (χ1v) is 7.79. The van der Waals surface area contributed by atoms with Crippen molar-refractivity contribution < 1.29 is 14.7 Å². The van der Waals surface area contributed by atoms with Crippen LogP contribution in [0, 0.1) is 0 Å². The van der Waals surface area contributed by atoms with Gasteiger partial charge in [0.2, 0.25) is 5.91 Å². The van der Waals surface area contributed by atoms with Crippen molar-refractivity contribution in [3.63, 3.8) is 0 Å². The highest BCUT2D eigenvalue weighted by atomic mass is 35.5. The van der Waals surface area contributed by atoms with Crippen LogP contribution in [0.25, 0.3) is 0 Å². The fourth-order valence-corrected chi connectivity index (χ4v) is 2.54. The summed E-state index contributed by atoms with van der Waals surface area (Å²) in [5.41, 5.74) is 0. The summed E-state index contributed by atoms with van der Waals surface area (Å²) in [4.78, 5) is 23.5. The van der Waals surface area contributed by atoms with Crippen molar-refractivity contribution in [1.82, 2.24) is 5.32 Å². The number of nitrogens with one attached hydrogen (secondary N) is 1. The Bertz CT molecular complexity index is 450. The first-order chi connectivity index (χ1) is 9.52. The zero-order valence-electron chi connectivity index (χ0n) is 11.3. The van der Waals surface area contributed by atoms with E-state index in [0.29, 0.717) is 24.3 Å². The van der Waals surface area contributed by atoms with E-state index in [1.165, 1.54) is 0 Å². The summed E-state index contributed by atoms with van der Waals surface area (Å²) in [5, 5.41) is 12.0. The zero-order chi connectivity index (χ0) is 15.0. The highest BCUT2D eigenvalue weighted by molar-refractivity contribution is 7.99. The molecule has 2 N–H and O–H groups in total. The molecule has 1 atom stereocenters. The maximum Gasteiger partial charge on any atom is 0.326 e. The first-order valence-electron chi connectivity index (χ1n) is 6.43. The highest BCUT2D eigenvalue weighted by Crippen LogP contribution is 2.21. The second-order valence-electron chi connectivity index (χ2n) is 4.27. The van der Waals surface area contributed by atoms with Crippen molar-refractivity contribution in [1.29, 1.82) is 0 Å². The van der Waals surface area contributed by atoms with Crippen molar-refractivity contribution in [2.24, 2.45) is 0 Å². The van der Waals surface area contributed by atoms with Gasteiger partial charge in [0.05, 0.1) is 0 Å². The molecule has 0 bridgehead atoms. The van der Waals surface area contributed by atoms with E-state index >= 15 is 0 Å². The largest absolute Gasteiger partial charge is 0.480 e. The maximum atomic E-state index is 11.6. The van der Waals surface area contributed by atoms with E-state index in [0.717, 1.165) is 10.6 Å². The van der Waals surface area contributed by atoms with Crippen LogP contribution >= 0.6 is 23.4 Å². The molecule has 0 aliphatic carbocycles. The van der Waals surface area contributed by atoms with Crippen LogP contribution in [0.15, 0.2) is 29.2 Å². The molecule has 1 aromatic rings. The van der Waals surface area contributed by atoms with Gasteiger partial charge in [-0.05, 0) is 42.9 Å². The molecule has 1 aromatic carbocycles. The molecule has 6 heteroatoms. The van der Waals surface area contributed by atoms with Gasteiger partial charge >= 0.3 is 5.97 Å². The van der Waals surface area contributed by atoms with Crippen LogP contribution in [0.3, 0.4) is 0 Å². The lowest BCUT2D eigenvalue weighted by Crippen LogP contribution is -2.40. The van der Waals surface area contributed by atoms with Gasteiger partial charge in [0.1, 0.15) is 6.04 Å². The topological polar surface area (TPSA) is 66.4 Å². The standard InChI is InChI=1S/C14H18ClNO3S/c1-2-12(14(18)19)16-13(17)4-3-9-20-11-7-5-10(15)6-8-11/h5-8,12H,2-4,9H2,1H3,(H,16,17)(H,18,19). The fraction of sp³-hybridized carbons (Fsp3) is 0.429. The summed E-state index contributed by atoms with van der Waals surface area (Å²) < 4.78 is 0. The first kappa shape index (κ1) is 16.9. The Kier molecular flexibility index (Phi) is 7.47. The van der Waals surface area contributed by atoms with E-state index in [1.807, 2.05) is 24.3 Å². The lowest BCUT2D eigenvalue weighted by atomic mass is 10.2. The molecule has 110 valence electrons. The molecule has 0 aromatic heterocycles. The number of carbonyl (C=O) groups is 2. The fourth-order valence-electron chi connectivity index (χ4n) is 1.56. The third kappa shape index (κ3) is 6.30. The number of amides is 1. The molecule has 0 aliphatic rings. The van der Waals surface area contributed by atoms with E-state index in [1.54, 1.807) is 18.7 Å². The molecule has 4 nitrogen and oxygen atoms in total. The maximum absolute atomic E-state index is 11.6. The Morgan fingerprint density at radius 2 is 2.00 bits per heavy atom. The van der Waals surface area contributed by atoms with Crippen molar-refractivity contribution in [3.05, 3.63) is 29.3 Å². The summed E-state index contributed by atoms with van der Waals surface area (Å²) in [6.45, 7) is 1.73. The summed E-state index contributed by atoms with van der Waals surface area (Å²) in [6.07, 6.45) is 1.43. The molecule has 1 rings (SSSR count). The Hall–Kier alpha value is -1.20. The summed E-state index contributed by atoms with van der Waals surface area (Å²) in [7, 11) is 0. The number of benzene rings is 1. The van der Waals surface area contributed by atoms with Crippen molar-refractivity contribution >= 4 is 35.2 Å². The minimum absolute atomic E-state index is 0.212. The molecule has 0 spiro atoms. The molecule has 1 amide bonds. The monoisotopic (exact) mass is 315 g/mol. The predicted octanol–water partition coefficient (Wildman–Crippen LogP) is 3.19. The molecule has 20 heavy (non-hydrogen) atoms. The molecule has 0 saturated carbocycles. The zero-order valence-corrected chi connectivity index (χ0v) is 12.8. The van der Waals surface area contributed by atoms with Gasteiger partial charge in [0, 0.05) is 16.3 Å². The minimum atomic E-state index is -0.989. The van der Waals surface area contributed by atoms with Crippen LogP contribution in [0.2, 0.25) is 5.02 Å². The molecule has 0 saturated heterocycles. The van der Waals surface area contributed by atoms with Gasteiger partial charge < -0.3 is 10.4 Å². The summed E-state index contributed by atoms with van der Waals surface area (Å²) in [5.74, 6) is -0.397. The van der Waals surface area contributed by atoms with E-state index in [4.69, 9.17) is 16.7 Å². The summed E-state index contributed by atoms with van der Waals surface area (Å²) >= 11 is 7.44.